The average molecular weight is 226 g/mol. The molecular weight excluding hydrogens is 200 g/mol. The Hall–Kier alpha value is -0.570. The fraction of sp³-hybridized carbons (Fsp3) is 0.923. The summed E-state index contributed by atoms with van der Waals surface area (Å²) in [6.45, 7) is 6.01. The summed E-state index contributed by atoms with van der Waals surface area (Å²) in [7, 11) is 0. The molecule has 0 unspecified atom stereocenters. The van der Waals surface area contributed by atoms with E-state index in [9.17, 15) is 4.79 Å². The maximum absolute atomic E-state index is 12.2. The average Bonchev–Trinajstić information content (AvgIpc) is 2.30. The molecule has 3 nitrogen and oxygen atoms in total. The van der Waals surface area contributed by atoms with E-state index < -0.39 is 0 Å². The number of carbonyl (C=O) groups excluding carboxylic acids is 1. The van der Waals surface area contributed by atoms with E-state index in [2.05, 4.69) is 13.8 Å². The van der Waals surface area contributed by atoms with Crippen molar-refractivity contribution in [1.29, 1.82) is 0 Å². The van der Waals surface area contributed by atoms with Crippen molar-refractivity contribution in [3.05, 3.63) is 0 Å². The highest BCUT2D eigenvalue weighted by atomic mass is 16.2. The lowest BCUT2D eigenvalue weighted by Crippen LogP contribution is -2.39. The lowest BCUT2D eigenvalue weighted by atomic mass is 9.85. The van der Waals surface area contributed by atoms with Crippen molar-refractivity contribution >= 4 is 5.91 Å². The van der Waals surface area contributed by atoms with Crippen molar-refractivity contribution in [1.82, 2.24) is 4.90 Å². The van der Waals surface area contributed by atoms with E-state index in [4.69, 9.17) is 5.73 Å². The maximum atomic E-state index is 12.2. The molecule has 0 bridgehead atoms. The highest BCUT2D eigenvalue weighted by Gasteiger charge is 2.27. The van der Waals surface area contributed by atoms with E-state index in [1.807, 2.05) is 4.90 Å². The number of nitrogens with two attached hydrogens (primary N) is 1. The number of hydrogen-bond donors (Lipinski definition) is 1. The number of carbonyl (C=O) groups is 1. The standard InChI is InChI=1S/C13H26N2O/c1-3-5-10-15(4-2)13(16)11-6-8-12(14)9-7-11/h11-12H,3-10,14H2,1-2H3. The minimum Gasteiger partial charge on any atom is -0.343 e. The van der Waals surface area contributed by atoms with E-state index >= 15 is 0 Å². The summed E-state index contributed by atoms with van der Waals surface area (Å²) in [5.41, 5.74) is 5.86. The molecule has 16 heavy (non-hydrogen) atoms. The molecule has 0 aliphatic heterocycles. The molecular formula is C13H26N2O. The molecule has 1 fully saturated rings. The molecule has 0 radical (unpaired) electrons. The van der Waals surface area contributed by atoms with Gasteiger partial charge in [0, 0.05) is 25.0 Å². The molecule has 1 amide bonds. The van der Waals surface area contributed by atoms with Crippen LogP contribution in [-0.2, 0) is 4.79 Å². The van der Waals surface area contributed by atoms with Crippen LogP contribution in [0.5, 0.6) is 0 Å². The number of amides is 1. The van der Waals surface area contributed by atoms with Gasteiger partial charge >= 0.3 is 0 Å². The number of unbranched alkanes of at least 4 members (excludes halogenated alkanes) is 1. The second kappa shape index (κ2) is 6.89. The van der Waals surface area contributed by atoms with Crippen LogP contribution in [0.1, 0.15) is 52.4 Å². The first-order valence-corrected chi connectivity index (χ1v) is 6.73. The Morgan fingerprint density at radius 3 is 2.38 bits per heavy atom. The highest BCUT2D eigenvalue weighted by molar-refractivity contribution is 5.78. The zero-order valence-corrected chi connectivity index (χ0v) is 10.7. The topological polar surface area (TPSA) is 46.3 Å². The van der Waals surface area contributed by atoms with Crippen LogP contribution < -0.4 is 5.73 Å². The Morgan fingerprint density at radius 2 is 1.88 bits per heavy atom. The van der Waals surface area contributed by atoms with Crippen molar-refractivity contribution in [3.63, 3.8) is 0 Å². The van der Waals surface area contributed by atoms with Crippen molar-refractivity contribution in [3.8, 4) is 0 Å². The Balaban J connectivity index is 2.41. The fourth-order valence-corrected chi connectivity index (χ4v) is 2.40. The maximum Gasteiger partial charge on any atom is 0.225 e. The van der Waals surface area contributed by atoms with E-state index in [1.165, 1.54) is 0 Å². The molecule has 0 atom stereocenters. The van der Waals surface area contributed by atoms with Crippen LogP contribution in [0.2, 0.25) is 0 Å². The molecule has 0 aromatic heterocycles. The first-order valence-electron chi connectivity index (χ1n) is 6.73. The monoisotopic (exact) mass is 226 g/mol. The molecule has 0 heterocycles. The largest absolute Gasteiger partial charge is 0.343 e. The van der Waals surface area contributed by atoms with Crippen LogP contribution in [0, 0.1) is 5.92 Å². The third kappa shape index (κ3) is 3.78. The smallest absolute Gasteiger partial charge is 0.225 e. The van der Waals surface area contributed by atoms with E-state index in [1.54, 1.807) is 0 Å². The predicted octanol–water partition coefficient (Wildman–Crippen LogP) is 2.15. The van der Waals surface area contributed by atoms with Gasteiger partial charge in [-0.3, -0.25) is 4.79 Å². The van der Waals surface area contributed by atoms with E-state index in [0.717, 1.165) is 51.6 Å². The third-order valence-corrected chi connectivity index (χ3v) is 3.60. The van der Waals surface area contributed by atoms with E-state index in [0.29, 0.717) is 11.9 Å². The summed E-state index contributed by atoms with van der Waals surface area (Å²) in [6, 6.07) is 0.328. The molecule has 0 aromatic carbocycles. The molecule has 3 heteroatoms. The Bertz CT molecular complexity index is 203. The van der Waals surface area contributed by atoms with Gasteiger partial charge < -0.3 is 10.6 Å². The summed E-state index contributed by atoms with van der Waals surface area (Å²) >= 11 is 0. The molecule has 0 spiro atoms. The van der Waals surface area contributed by atoms with Crippen LogP contribution in [-0.4, -0.2) is 29.9 Å². The minimum absolute atomic E-state index is 0.247. The van der Waals surface area contributed by atoms with Crippen molar-refractivity contribution in [2.75, 3.05) is 13.1 Å². The second-order valence-electron chi connectivity index (χ2n) is 4.88. The van der Waals surface area contributed by atoms with Crippen molar-refractivity contribution in [2.45, 2.75) is 58.4 Å². The van der Waals surface area contributed by atoms with Gasteiger partial charge in [-0.05, 0) is 39.0 Å². The molecule has 1 saturated carbocycles. The van der Waals surface area contributed by atoms with Crippen LogP contribution in [0.3, 0.4) is 0 Å². The molecule has 94 valence electrons. The Morgan fingerprint density at radius 1 is 1.25 bits per heavy atom. The molecule has 1 rings (SSSR count). The van der Waals surface area contributed by atoms with Gasteiger partial charge in [0.1, 0.15) is 0 Å². The zero-order chi connectivity index (χ0) is 12.0. The molecule has 0 aromatic rings. The van der Waals surface area contributed by atoms with Crippen molar-refractivity contribution < 1.29 is 4.79 Å². The summed E-state index contributed by atoms with van der Waals surface area (Å²) in [5.74, 6) is 0.611. The van der Waals surface area contributed by atoms with Gasteiger partial charge in [0.25, 0.3) is 0 Å². The lowest BCUT2D eigenvalue weighted by molar-refractivity contribution is -0.136. The number of hydrogen-bond acceptors (Lipinski definition) is 2. The Labute approximate surface area is 99.4 Å². The first kappa shape index (κ1) is 13.5. The van der Waals surface area contributed by atoms with Crippen LogP contribution >= 0.6 is 0 Å². The van der Waals surface area contributed by atoms with Crippen molar-refractivity contribution in [2.24, 2.45) is 11.7 Å². The minimum atomic E-state index is 0.247. The molecule has 1 aliphatic carbocycles. The second-order valence-corrected chi connectivity index (χ2v) is 4.88. The Kier molecular flexibility index (Phi) is 5.81. The third-order valence-electron chi connectivity index (χ3n) is 3.60. The number of rotatable bonds is 5. The molecule has 0 saturated heterocycles. The normalized spacial score (nSPS) is 25.4. The summed E-state index contributed by atoms with van der Waals surface area (Å²) in [4.78, 5) is 14.2. The quantitative estimate of drug-likeness (QED) is 0.781. The fourth-order valence-electron chi connectivity index (χ4n) is 2.40. The van der Waals surface area contributed by atoms with Crippen LogP contribution in [0.4, 0.5) is 0 Å². The van der Waals surface area contributed by atoms with Gasteiger partial charge in [0.2, 0.25) is 5.91 Å². The summed E-state index contributed by atoms with van der Waals surface area (Å²) in [6.07, 6.45) is 6.28. The van der Waals surface area contributed by atoms with Gasteiger partial charge in [-0.1, -0.05) is 13.3 Å². The lowest BCUT2D eigenvalue weighted by Gasteiger charge is -2.30. The predicted molar refractivity (Wildman–Crippen MR) is 67.1 cm³/mol. The summed E-state index contributed by atoms with van der Waals surface area (Å²) in [5, 5.41) is 0. The number of nitrogens with zero attached hydrogens (tertiary/aromatic N) is 1. The first-order chi connectivity index (χ1) is 7.69. The summed E-state index contributed by atoms with van der Waals surface area (Å²) < 4.78 is 0. The highest BCUT2D eigenvalue weighted by Crippen LogP contribution is 2.25. The van der Waals surface area contributed by atoms with Gasteiger partial charge in [0.15, 0.2) is 0 Å². The molecule has 1 aliphatic rings. The van der Waals surface area contributed by atoms with Crippen LogP contribution in [0.25, 0.3) is 0 Å². The van der Waals surface area contributed by atoms with Gasteiger partial charge in [-0.15, -0.1) is 0 Å². The van der Waals surface area contributed by atoms with E-state index in [-0.39, 0.29) is 5.92 Å². The van der Waals surface area contributed by atoms with Gasteiger partial charge in [-0.25, -0.2) is 0 Å². The van der Waals surface area contributed by atoms with Crippen LogP contribution in [0.15, 0.2) is 0 Å². The SMILES string of the molecule is CCCCN(CC)C(=O)C1CCC(N)CC1. The van der Waals surface area contributed by atoms with Gasteiger partial charge in [0.05, 0.1) is 0 Å². The molecule has 2 N–H and O–H groups in total. The van der Waals surface area contributed by atoms with Gasteiger partial charge in [-0.2, -0.15) is 0 Å². The zero-order valence-electron chi connectivity index (χ0n) is 10.7.